The molecule has 7 nitrogen and oxygen atoms in total. The first-order valence-electron chi connectivity index (χ1n) is 14.1. The number of carbonyl (C=O) groups excluding carboxylic acids is 2. The largest absolute Gasteiger partial charge is 0.490 e. The third-order valence-electron chi connectivity index (χ3n) is 7.23. The monoisotopic (exact) mass is 521 g/mol. The van der Waals surface area contributed by atoms with Crippen LogP contribution in [0.4, 0.5) is 5.69 Å². The van der Waals surface area contributed by atoms with Crippen molar-refractivity contribution in [1.29, 1.82) is 0 Å². The molecular formula is C31H43N3O4. The minimum Gasteiger partial charge on any atom is -0.490 e. The summed E-state index contributed by atoms with van der Waals surface area (Å²) in [5.74, 6) is 1.27. The van der Waals surface area contributed by atoms with Crippen LogP contribution < -0.4 is 25.4 Å². The Balaban J connectivity index is 1.27. The molecule has 0 saturated heterocycles. The van der Waals surface area contributed by atoms with Crippen LogP contribution >= 0.6 is 0 Å². The van der Waals surface area contributed by atoms with Gasteiger partial charge in [-0.25, -0.2) is 0 Å². The van der Waals surface area contributed by atoms with Crippen LogP contribution in [0.5, 0.6) is 11.5 Å². The molecule has 2 aliphatic rings. The van der Waals surface area contributed by atoms with E-state index in [0.717, 1.165) is 43.5 Å². The van der Waals surface area contributed by atoms with E-state index in [2.05, 4.69) is 16.0 Å². The molecular weight excluding hydrogens is 478 g/mol. The SMILES string of the molecule is CC(C)(C)Oc1ccc(C(=O)NC2(C(=O)NCCNc3ccc(OC4CCCC4)cc3)CCCCC2)cc1. The normalized spacial score (nSPS) is 17.4. The highest BCUT2D eigenvalue weighted by molar-refractivity contribution is 5.99. The Morgan fingerprint density at radius 3 is 2.11 bits per heavy atom. The number of benzene rings is 2. The fraction of sp³-hybridized carbons (Fsp3) is 0.548. The smallest absolute Gasteiger partial charge is 0.252 e. The molecule has 2 fully saturated rings. The number of carbonyl (C=O) groups is 2. The molecule has 38 heavy (non-hydrogen) atoms. The quantitative estimate of drug-likeness (QED) is 0.342. The number of ether oxygens (including phenoxy) is 2. The number of amides is 2. The average molecular weight is 522 g/mol. The average Bonchev–Trinajstić information content (AvgIpc) is 3.40. The molecule has 0 bridgehead atoms. The minimum absolute atomic E-state index is 0.111. The first-order chi connectivity index (χ1) is 18.2. The lowest BCUT2D eigenvalue weighted by molar-refractivity contribution is -0.128. The number of nitrogens with one attached hydrogen (secondary N) is 3. The third kappa shape index (κ3) is 7.89. The van der Waals surface area contributed by atoms with Crippen LogP contribution in [0.15, 0.2) is 48.5 Å². The Hall–Kier alpha value is -3.22. The molecule has 0 unspecified atom stereocenters. The van der Waals surface area contributed by atoms with E-state index in [1.165, 1.54) is 12.8 Å². The van der Waals surface area contributed by atoms with Gasteiger partial charge in [-0.15, -0.1) is 0 Å². The van der Waals surface area contributed by atoms with E-state index in [9.17, 15) is 9.59 Å². The van der Waals surface area contributed by atoms with Gasteiger partial charge in [0.2, 0.25) is 5.91 Å². The van der Waals surface area contributed by atoms with Crippen molar-refractivity contribution in [3.8, 4) is 11.5 Å². The van der Waals surface area contributed by atoms with Gasteiger partial charge >= 0.3 is 0 Å². The Labute approximate surface area is 227 Å². The molecule has 4 rings (SSSR count). The van der Waals surface area contributed by atoms with Crippen LogP contribution in [0.3, 0.4) is 0 Å². The molecule has 0 radical (unpaired) electrons. The molecule has 2 aromatic rings. The zero-order valence-electron chi connectivity index (χ0n) is 23.1. The Morgan fingerprint density at radius 2 is 1.47 bits per heavy atom. The third-order valence-corrected chi connectivity index (χ3v) is 7.23. The molecule has 2 saturated carbocycles. The van der Waals surface area contributed by atoms with Gasteiger partial charge in [-0.05, 0) is 108 Å². The van der Waals surface area contributed by atoms with Gasteiger partial charge in [-0.2, -0.15) is 0 Å². The van der Waals surface area contributed by atoms with Crippen molar-refractivity contribution in [1.82, 2.24) is 10.6 Å². The number of hydrogen-bond donors (Lipinski definition) is 3. The summed E-state index contributed by atoms with van der Waals surface area (Å²) < 4.78 is 11.9. The second-order valence-electron chi connectivity index (χ2n) is 11.6. The van der Waals surface area contributed by atoms with Crippen molar-refractivity contribution in [3.63, 3.8) is 0 Å². The van der Waals surface area contributed by atoms with Crippen LogP contribution in [0.25, 0.3) is 0 Å². The Kier molecular flexibility index (Phi) is 9.18. The van der Waals surface area contributed by atoms with E-state index in [4.69, 9.17) is 9.47 Å². The lowest BCUT2D eigenvalue weighted by Crippen LogP contribution is -2.60. The number of hydrogen-bond acceptors (Lipinski definition) is 5. The van der Waals surface area contributed by atoms with E-state index in [0.29, 0.717) is 43.3 Å². The molecule has 2 amide bonds. The Bertz CT molecular complexity index is 1050. The van der Waals surface area contributed by atoms with E-state index in [1.807, 2.05) is 45.0 Å². The zero-order valence-corrected chi connectivity index (χ0v) is 23.1. The maximum atomic E-state index is 13.3. The standard InChI is InChI=1S/C31H43N3O4/c1-30(2,3)38-27-15-11-23(12-16-27)28(35)34-31(19-7-4-8-20-31)29(36)33-22-21-32-24-13-17-26(18-14-24)37-25-9-5-6-10-25/h11-18,25,32H,4-10,19-22H2,1-3H3,(H,33,36)(H,34,35). The highest BCUT2D eigenvalue weighted by Gasteiger charge is 2.40. The predicted molar refractivity (Wildman–Crippen MR) is 151 cm³/mol. The van der Waals surface area contributed by atoms with Gasteiger partial charge in [0, 0.05) is 24.3 Å². The zero-order chi connectivity index (χ0) is 27.0. The topological polar surface area (TPSA) is 88.7 Å². The maximum absolute atomic E-state index is 13.3. The summed E-state index contributed by atoms with van der Waals surface area (Å²) in [5, 5.41) is 9.49. The highest BCUT2D eigenvalue weighted by atomic mass is 16.5. The summed E-state index contributed by atoms with van der Waals surface area (Å²) in [4.78, 5) is 26.4. The van der Waals surface area contributed by atoms with Gasteiger partial charge in [0.15, 0.2) is 0 Å². The minimum atomic E-state index is -0.880. The van der Waals surface area contributed by atoms with Crippen LogP contribution in [0.1, 0.15) is 88.9 Å². The van der Waals surface area contributed by atoms with Crippen LogP contribution in [-0.4, -0.2) is 42.1 Å². The first kappa shape index (κ1) is 27.8. The fourth-order valence-corrected chi connectivity index (χ4v) is 5.28. The van der Waals surface area contributed by atoms with Gasteiger partial charge in [-0.1, -0.05) is 19.3 Å². The summed E-state index contributed by atoms with van der Waals surface area (Å²) >= 11 is 0. The van der Waals surface area contributed by atoms with Crippen LogP contribution in [-0.2, 0) is 4.79 Å². The summed E-state index contributed by atoms with van der Waals surface area (Å²) in [6, 6.07) is 15.1. The molecule has 2 aromatic carbocycles. The molecule has 3 N–H and O–H groups in total. The van der Waals surface area contributed by atoms with Crippen LogP contribution in [0, 0.1) is 0 Å². The predicted octanol–water partition coefficient (Wildman–Crippen LogP) is 5.85. The molecule has 0 spiro atoms. The maximum Gasteiger partial charge on any atom is 0.252 e. The first-order valence-corrected chi connectivity index (χ1v) is 14.1. The Morgan fingerprint density at radius 1 is 0.842 bits per heavy atom. The molecule has 0 atom stereocenters. The van der Waals surface area contributed by atoms with Crippen molar-refractivity contribution in [3.05, 3.63) is 54.1 Å². The molecule has 2 aliphatic carbocycles. The summed E-state index contributed by atoms with van der Waals surface area (Å²) in [6.07, 6.45) is 9.32. The second kappa shape index (κ2) is 12.5. The van der Waals surface area contributed by atoms with Gasteiger partial charge in [-0.3, -0.25) is 9.59 Å². The lowest BCUT2D eigenvalue weighted by atomic mass is 9.80. The van der Waals surface area contributed by atoms with Gasteiger partial charge < -0.3 is 25.4 Å². The molecule has 7 heteroatoms. The van der Waals surface area contributed by atoms with Crippen molar-refractivity contribution in [2.24, 2.45) is 0 Å². The molecule has 0 heterocycles. The van der Waals surface area contributed by atoms with E-state index in [1.54, 1.807) is 24.3 Å². The van der Waals surface area contributed by atoms with E-state index in [-0.39, 0.29) is 17.4 Å². The second-order valence-corrected chi connectivity index (χ2v) is 11.6. The van der Waals surface area contributed by atoms with Crippen molar-refractivity contribution in [2.75, 3.05) is 18.4 Å². The van der Waals surface area contributed by atoms with Crippen molar-refractivity contribution < 1.29 is 19.1 Å². The van der Waals surface area contributed by atoms with Gasteiger partial charge in [0.1, 0.15) is 22.6 Å². The van der Waals surface area contributed by atoms with Crippen molar-refractivity contribution >= 4 is 17.5 Å². The highest BCUT2D eigenvalue weighted by Crippen LogP contribution is 2.29. The number of rotatable bonds is 10. The van der Waals surface area contributed by atoms with E-state index >= 15 is 0 Å². The molecule has 0 aromatic heterocycles. The van der Waals surface area contributed by atoms with Crippen LogP contribution in [0.2, 0.25) is 0 Å². The molecule has 0 aliphatic heterocycles. The van der Waals surface area contributed by atoms with Gasteiger partial charge in [0.05, 0.1) is 6.10 Å². The summed E-state index contributed by atoms with van der Waals surface area (Å²) in [6.45, 7) is 7.01. The van der Waals surface area contributed by atoms with Crippen molar-refractivity contribution in [2.45, 2.75) is 95.8 Å². The number of anilines is 1. The van der Waals surface area contributed by atoms with Gasteiger partial charge in [0.25, 0.3) is 5.91 Å². The summed E-state index contributed by atoms with van der Waals surface area (Å²) in [5.41, 5.74) is 0.314. The molecule has 206 valence electrons. The lowest BCUT2D eigenvalue weighted by Gasteiger charge is -2.36. The summed E-state index contributed by atoms with van der Waals surface area (Å²) in [7, 11) is 0. The van der Waals surface area contributed by atoms with E-state index < -0.39 is 5.54 Å². The fourth-order valence-electron chi connectivity index (χ4n) is 5.28.